The van der Waals surface area contributed by atoms with Gasteiger partial charge in [0.1, 0.15) is 6.61 Å². The lowest BCUT2D eigenvalue weighted by molar-refractivity contribution is -0.220. The molecule has 2 unspecified atom stereocenters. The largest absolute Gasteiger partial charge is 0.481 e. The van der Waals surface area contributed by atoms with Crippen LogP contribution in [0.5, 0.6) is 0 Å². The lowest BCUT2D eigenvalue weighted by atomic mass is 9.89. The third kappa shape index (κ3) is 17.6. The maximum Gasteiger partial charge on any atom is 0.305 e. The third-order valence-electron chi connectivity index (χ3n) is 2.96. The Morgan fingerprint density at radius 1 is 1.04 bits per heavy atom. The molecule has 0 rings (SSSR count). The van der Waals surface area contributed by atoms with Crippen LogP contribution in [0.1, 0.15) is 74.1 Å². The predicted molar refractivity (Wildman–Crippen MR) is 99.8 cm³/mol. The first kappa shape index (κ1) is 27.0. The molecule has 0 spiro atoms. The van der Waals surface area contributed by atoms with Crippen molar-refractivity contribution in [2.45, 2.75) is 92.6 Å². The molecule has 0 saturated carbocycles. The molecular weight excluding hydrogens is 340 g/mol. The van der Waals surface area contributed by atoms with E-state index in [0.717, 1.165) is 0 Å². The van der Waals surface area contributed by atoms with Crippen molar-refractivity contribution >= 4 is 11.9 Å². The maximum atomic E-state index is 11.6. The van der Waals surface area contributed by atoms with E-state index < -0.39 is 24.3 Å². The average molecular weight is 379 g/mol. The van der Waals surface area contributed by atoms with Crippen LogP contribution in [0, 0.1) is 5.41 Å². The lowest BCUT2D eigenvalue weighted by Gasteiger charge is -2.29. The van der Waals surface area contributed by atoms with Gasteiger partial charge >= 0.3 is 11.9 Å². The van der Waals surface area contributed by atoms with Gasteiger partial charge in [0, 0.05) is 12.8 Å². The van der Waals surface area contributed by atoms with Crippen molar-refractivity contribution in [3.63, 3.8) is 0 Å². The third-order valence-corrected chi connectivity index (χ3v) is 2.96. The molecule has 0 aliphatic carbocycles. The minimum atomic E-state index is -0.944. The number of hydrogen-bond donors (Lipinski definition) is 2. The molecule has 0 aromatic carbocycles. The van der Waals surface area contributed by atoms with Gasteiger partial charge in [0.15, 0.2) is 6.29 Å². The van der Waals surface area contributed by atoms with Crippen LogP contribution in [0.2, 0.25) is 0 Å². The van der Waals surface area contributed by atoms with Gasteiger partial charge in [-0.2, -0.15) is 0 Å². The average Bonchev–Trinajstić information content (AvgIpc) is 2.51. The Bertz CT molecular complexity index is 375. The predicted octanol–water partition coefficient (Wildman–Crippen LogP) is 3.38. The van der Waals surface area contributed by atoms with E-state index >= 15 is 0 Å². The molecule has 0 aromatic rings. The van der Waals surface area contributed by atoms with Gasteiger partial charge in [-0.1, -0.05) is 34.6 Å². The van der Waals surface area contributed by atoms with Gasteiger partial charge in [-0.3, -0.25) is 9.59 Å². The fourth-order valence-electron chi connectivity index (χ4n) is 2.08. The van der Waals surface area contributed by atoms with Crippen LogP contribution in [0.15, 0.2) is 0 Å². The molecular formula is C19H38O7. The monoisotopic (exact) mass is 378 g/mol. The smallest absolute Gasteiger partial charge is 0.305 e. The van der Waals surface area contributed by atoms with Crippen LogP contribution >= 0.6 is 0 Å². The van der Waals surface area contributed by atoms with Gasteiger partial charge in [0.2, 0.25) is 0 Å². The molecule has 0 aromatic heterocycles. The lowest BCUT2D eigenvalue weighted by Crippen LogP contribution is -2.35. The molecule has 0 aliphatic rings. The molecule has 26 heavy (non-hydrogen) atoms. The number of carbonyl (C=O) groups is 2. The second-order valence-corrected chi connectivity index (χ2v) is 7.25. The Kier molecular flexibility index (Phi) is 15.5. The number of carboxylic acid groups (broad SMARTS) is 1. The van der Waals surface area contributed by atoms with E-state index in [9.17, 15) is 14.7 Å². The summed E-state index contributed by atoms with van der Waals surface area (Å²) in [6.07, 6.45) is -0.494. The van der Waals surface area contributed by atoms with Gasteiger partial charge in [0.25, 0.3) is 0 Å². The quantitative estimate of drug-likeness (QED) is 0.396. The Morgan fingerprint density at radius 2 is 1.62 bits per heavy atom. The highest BCUT2D eigenvalue weighted by atomic mass is 16.7. The topological polar surface area (TPSA) is 102 Å². The zero-order chi connectivity index (χ0) is 20.8. The summed E-state index contributed by atoms with van der Waals surface area (Å²) in [5.74, 6) is -1.44. The van der Waals surface area contributed by atoms with Crippen molar-refractivity contribution < 1.29 is 34.0 Å². The van der Waals surface area contributed by atoms with E-state index in [0.29, 0.717) is 6.42 Å². The first-order valence-electron chi connectivity index (χ1n) is 9.32. The second kappa shape index (κ2) is 14.9. The summed E-state index contributed by atoms with van der Waals surface area (Å²) >= 11 is 0. The Hall–Kier alpha value is -1.18. The molecule has 2 atom stereocenters. The summed E-state index contributed by atoms with van der Waals surface area (Å²) in [6.45, 7) is 13.6. The van der Waals surface area contributed by atoms with E-state index in [1.807, 2.05) is 48.5 Å². The van der Waals surface area contributed by atoms with Gasteiger partial charge < -0.3 is 24.4 Å². The maximum absolute atomic E-state index is 11.6. The molecule has 156 valence electrons. The highest BCUT2D eigenvalue weighted by molar-refractivity contribution is 5.71. The molecule has 0 fully saturated rings. The summed E-state index contributed by atoms with van der Waals surface area (Å²) in [5.41, 5.74) is -0.0245. The Morgan fingerprint density at radius 3 is 2.04 bits per heavy atom. The molecule has 7 heteroatoms. The Balaban J connectivity index is 0. The van der Waals surface area contributed by atoms with Crippen molar-refractivity contribution in [1.82, 2.24) is 0 Å². The van der Waals surface area contributed by atoms with E-state index in [1.54, 1.807) is 0 Å². The summed E-state index contributed by atoms with van der Waals surface area (Å²) in [5, 5.41) is 18.0. The number of aliphatic hydroxyl groups is 1. The first-order valence-corrected chi connectivity index (χ1v) is 9.32. The summed E-state index contributed by atoms with van der Waals surface area (Å²) in [6, 6.07) is 0. The van der Waals surface area contributed by atoms with Crippen LogP contribution in [0.25, 0.3) is 0 Å². The second-order valence-electron chi connectivity index (χ2n) is 7.25. The number of rotatable bonds is 12. The number of carbonyl (C=O) groups excluding carboxylic acids is 1. The van der Waals surface area contributed by atoms with E-state index in [4.69, 9.17) is 19.3 Å². The molecule has 0 saturated heterocycles. The zero-order valence-corrected chi connectivity index (χ0v) is 17.4. The van der Waals surface area contributed by atoms with E-state index in [2.05, 4.69) is 0 Å². The number of hydrogen-bond acceptors (Lipinski definition) is 6. The standard InChI is InChI=1S/C17H32O7.C2H6/c1-12(2)23-16(24-13(10-18)9-17(3,4)5)11-22-15(21)8-6-7-14(19)20;1-2/h12-13,16,18H,6-11H2,1-5H3,(H,19,20);1-2H3. The fraction of sp³-hybridized carbons (Fsp3) is 0.895. The van der Waals surface area contributed by atoms with Crippen LogP contribution in [-0.2, 0) is 23.8 Å². The number of aliphatic hydroxyl groups excluding tert-OH is 1. The van der Waals surface area contributed by atoms with Crippen LogP contribution in [-0.4, -0.2) is 53.9 Å². The van der Waals surface area contributed by atoms with Crippen molar-refractivity contribution in [3.05, 3.63) is 0 Å². The van der Waals surface area contributed by atoms with Crippen LogP contribution in [0.3, 0.4) is 0 Å². The normalized spacial score (nSPS) is 13.6. The number of esters is 1. The molecule has 0 heterocycles. The van der Waals surface area contributed by atoms with E-state index in [-0.39, 0.29) is 44.0 Å². The zero-order valence-electron chi connectivity index (χ0n) is 17.4. The molecule has 2 N–H and O–H groups in total. The molecule has 0 amide bonds. The van der Waals surface area contributed by atoms with Gasteiger partial charge in [-0.15, -0.1) is 0 Å². The highest BCUT2D eigenvalue weighted by Gasteiger charge is 2.24. The van der Waals surface area contributed by atoms with Gasteiger partial charge in [-0.25, -0.2) is 0 Å². The summed E-state index contributed by atoms with van der Waals surface area (Å²) in [7, 11) is 0. The summed E-state index contributed by atoms with van der Waals surface area (Å²) in [4.78, 5) is 22.0. The number of carboxylic acids is 1. The van der Waals surface area contributed by atoms with E-state index in [1.165, 1.54) is 0 Å². The van der Waals surface area contributed by atoms with Crippen molar-refractivity contribution in [2.24, 2.45) is 5.41 Å². The number of ether oxygens (including phenoxy) is 3. The first-order chi connectivity index (χ1) is 12.0. The van der Waals surface area contributed by atoms with Crippen LogP contribution < -0.4 is 0 Å². The highest BCUT2D eigenvalue weighted by Crippen LogP contribution is 2.23. The Labute approximate surface area is 158 Å². The molecule has 0 aliphatic heterocycles. The SMILES string of the molecule is CC.CC(C)OC(COC(=O)CCCC(=O)O)OC(CO)CC(C)(C)C. The molecule has 7 nitrogen and oxygen atoms in total. The molecule has 0 bridgehead atoms. The minimum absolute atomic E-state index is 0.0245. The molecule has 0 radical (unpaired) electrons. The summed E-state index contributed by atoms with van der Waals surface area (Å²) < 4.78 is 16.4. The van der Waals surface area contributed by atoms with Gasteiger partial charge in [0.05, 0.1) is 18.8 Å². The van der Waals surface area contributed by atoms with Gasteiger partial charge in [-0.05, 0) is 32.1 Å². The number of aliphatic carboxylic acids is 1. The van der Waals surface area contributed by atoms with Crippen molar-refractivity contribution in [3.8, 4) is 0 Å². The van der Waals surface area contributed by atoms with Crippen LogP contribution in [0.4, 0.5) is 0 Å². The van der Waals surface area contributed by atoms with Crippen molar-refractivity contribution in [1.29, 1.82) is 0 Å². The van der Waals surface area contributed by atoms with Crippen molar-refractivity contribution in [2.75, 3.05) is 13.2 Å². The fourth-order valence-corrected chi connectivity index (χ4v) is 2.08. The minimum Gasteiger partial charge on any atom is -0.481 e.